The largest absolute Gasteiger partial charge is 0.504 e. The molecule has 0 aliphatic heterocycles. The van der Waals surface area contributed by atoms with Gasteiger partial charge in [-0.05, 0) is 12.1 Å². The van der Waals surface area contributed by atoms with Crippen molar-refractivity contribution < 1.29 is 27.1 Å². The van der Waals surface area contributed by atoms with Crippen LogP contribution in [0.2, 0.25) is 0 Å². The average molecular weight is 344 g/mol. The Morgan fingerprint density at radius 3 is 1.96 bits per heavy atom. The molecule has 0 spiro atoms. The van der Waals surface area contributed by atoms with Crippen LogP contribution in [0, 0.1) is 29.1 Å². The second kappa shape index (κ2) is 5.58. The Kier molecular flexibility index (Phi) is 3.72. The molecule has 2 aromatic carbocycles. The van der Waals surface area contributed by atoms with E-state index in [9.17, 15) is 27.1 Å². The first-order chi connectivity index (χ1) is 10.9. The van der Waals surface area contributed by atoms with E-state index < -0.39 is 34.8 Å². The third-order valence-corrected chi connectivity index (χ3v) is 4.02. The number of thiophene rings is 1. The topological polar surface area (TPSA) is 45.0 Å². The third-order valence-electron chi connectivity index (χ3n) is 2.98. The lowest BCUT2D eigenvalue weighted by Gasteiger charge is -2.02. The number of hydrogen-bond donors (Lipinski definition) is 1. The molecule has 0 saturated heterocycles. The highest BCUT2D eigenvalue weighted by Crippen LogP contribution is 2.44. The molecule has 1 N–H and O–H groups in total. The van der Waals surface area contributed by atoms with Gasteiger partial charge in [0.25, 0.3) is 0 Å². The number of fused-ring (bicyclic) bond motifs is 1. The van der Waals surface area contributed by atoms with Gasteiger partial charge in [-0.2, -0.15) is 0 Å². The van der Waals surface area contributed by atoms with Gasteiger partial charge in [-0.3, -0.25) is 0 Å². The number of aromatic hydroxyl groups is 1. The molecule has 3 rings (SSSR count). The maximum Gasteiger partial charge on any atom is 0.200 e. The van der Waals surface area contributed by atoms with Crippen molar-refractivity contribution >= 4 is 32.1 Å². The van der Waals surface area contributed by atoms with Crippen LogP contribution in [-0.2, 0) is 0 Å². The molecule has 118 valence electrons. The molecule has 0 bridgehead atoms. The Hall–Kier alpha value is -2.55. The monoisotopic (exact) mass is 344 g/mol. The summed E-state index contributed by atoms with van der Waals surface area (Å²) in [5.74, 6) is -11.0. The van der Waals surface area contributed by atoms with Gasteiger partial charge >= 0.3 is 0 Å². The lowest BCUT2D eigenvalue weighted by atomic mass is 10.2. The second-order valence-corrected chi connectivity index (χ2v) is 5.40. The van der Waals surface area contributed by atoms with E-state index in [1.807, 2.05) is 0 Å². The van der Waals surface area contributed by atoms with Gasteiger partial charge in [0.2, 0.25) is 5.82 Å². The van der Waals surface area contributed by atoms with Gasteiger partial charge in [0.1, 0.15) is 0 Å². The highest BCUT2D eigenvalue weighted by Gasteiger charge is 2.26. The van der Waals surface area contributed by atoms with Crippen LogP contribution in [0.5, 0.6) is 5.75 Å². The van der Waals surface area contributed by atoms with Crippen LogP contribution in [-0.4, -0.2) is 5.11 Å². The van der Waals surface area contributed by atoms with Crippen molar-refractivity contribution in [1.29, 1.82) is 0 Å². The number of nitrogens with zero attached hydrogens (tertiary/aromatic N) is 2. The minimum absolute atomic E-state index is 0.116. The first-order valence-corrected chi connectivity index (χ1v) is 6.87. The van der Waals surface area contributed by atoms with Crippen molar-refractivity contribution in [3.05, 3.63) is 53.4 Å². The molecule has 9 heteroatoms. The van der Waals surface area contributed by atoms with Crippen LogP contribution < -0.4 is 0 Å². The summed E-state index contributed by atoms with van der Waals surface area (Å²) in [6, 6.07) is 6.60. The smallest absolute Gasteiger partial charge is 0.200 e. The minimum atomic E-state index is -2.27. The molecule has 0 saturated carbocycles. The number of azo groups is 1. The van der Waals surface area contributed by atoms with E-state index in [2.05, 4.69) is 10.2 Å². The molecule has 0 aliphatic carbocycles. The number of halogens is 5. The van der Waals surface area contributed by atoms with E-state index in [0.717, 1.165) is 11.3 Å². The van der Waals surface area contributed by atoms with Crippen molar-refractivity contribution in [3.8, 4) is 5.75 Å². The molecule has 0 atom stereocenters. The summed E-state index contributed by atoms with van der Waals surface area (Å²) in [7, 11) is 0. The van der Waals surface area contributed by atoms with Crippen molar-refractivity contribution in [2.24, 2.45) is 10.2 Å². The van der Waals surface area contributed by atoms with Gasteiger partial charge in [0, 0.05) is 10.1 Å². The van der Waals surface area contributed by atoms with E-state index in [4.69, 9.17) is 0 Å². The summed E-state index contributed by atoms with van der Waals surface area (Å²) in [6.45, 7) is 0. The summed E-state index contributed by atoms with van der Waals surface area (Å²) < 4.78 is 66.6. The summed E-state index contributed by atoms with van der Waals surface area (Å²) in [5.41, 5.74) is -1.42. The Bertz CT molecular complexity index is 925. The van der Waals surface area contributed by atoms with Crippen molar-refractivity contribution in [3.63, 3.8) is 0 Å². The zero-order valence-electron chi connectivity index (χ0n) is 10.9. The number of rotatable bonds is 2. The van der Waals surface area contributed by atoms with E-state index in [1.165, 1.54) is 0 Å². The Morgan fingerprint density at radius 1 is 0.783 bits per heavy atom. The SMILES string of the molecule is Oc1c(N=Nc2c(F)c(F)c(F)c(F)c2F)sc2ccccc12. The van der Waals surface area contributed by atoms with Gasteiger partial charge in [-0.1, -0.05) is 12.1 Å². The minimum Gasteiger partial charge on any atom is -0.504 e. The fourth-order valence-corrected chi connectivity index (χ4v) is 2.78. The Balaban J connectivity index is 2.11. The van der Waals surface area contributed by atoms with Crippen LogP contribution in [0.1, 0.15) is 0 Å². The zero-order valence-corrected chi connectivity index (χ0v) is 11.8. The van der Waals surface area contributed by atoms with Crippen LogP contribution in [0.4, 0.5) is 32.6 Å². The van der Waals surface area contributed by atoms with E-state index in [0.29, 0.717) is 10.1 Å². The van der Waals surface area contributed by atoms with Crippen LogP contribution in [0.25, 0.3) is 10.1 Å². The predicted molar refractivity (Wildman–Crippen MR) is 73.9 cm³/mol. The maximum atomic E-state index is 13.5. The fraction of sp³-hybridized carbons (Fsp3) is 0. The molecule has 3 nitrogen and oxygen atoms in total. The second-order valence-electron chi connectivity index (χ2n) is 4.37. The summed E-state index contributed by atoms with van der Waals surface area (Å²) in [6.07, 6.45) is 0. The van der Waals surface area contributed by atoms with E-state index >= 15 is 0 Å². The fourth-order valence-electron chi connectivity index (χ4n) is 1.86. The molecule has 1 aromatic heterocycles. The highest BCUT2D eigenvalue weighted by molar-refractivity contribution is 7.23. The van der Waals surface area contributed by atoms with Gasteiger partial charge in [-0.25, -0.2) is 22.0 Å². The number of hydrogen-bond acceptors (Lipinski definition) is 4. The molecule has 0 fully saturated rings. The quantitative estimate of drug-likeness (QED) is 0.275. The van der Waals surface area contributed by atoms with E-state index in [1.54, 1.807) is 24.3 Å². The molecular weight excluding hydrogens is 339 g/mol. The van der Waals surface area contributed by atoms with Gasteiger partial charge in [0.05, 0.1) is 0 Å². The van der Waals surface area contributed by atoms with Crippen LogP contribution in [0.3, 0.4) is 0 Å². The first kappa shape index (κ1) is 15.3. The number of benzene rings is 2. The van der Waals surface area contributed by atoms with Gasteiger partial charge in [-0.15, -0.1) is 21.6 Å². The summed E-state index contributed by atoms with van der Waals surface area (Å²) in [5, 5.41) is 16.7. The van der Waals surface area contributed by atoms with Gasteiger partial charge in [0.15, 0.2) is 39.7 Å². The van der Waals surface area contributed by atoms with Crippen LogP contribution in [0.15, 0.2) is 34.5 Å². The molecule has 0 radical (unpaired) electrons. The Labute approximate surface area is 129 Å². The predicted octanol–water partition coefficient (Wildman–Crippen LogP) is 5.72. The molecule has 3 aromatic rings. The van der Waals surface area contributed by atoms with E-state index in [-0.39, 0.29) is 10.8 Å². The van der Waals surface area contributed by atoms with Crippen molar-refractivity contribution in [2.75, 3.05) is 0 Å². The Morgan fingerprint density at radius 2 is 1.35 bits per heavy atom. The molecule has 0 aliphatic rings. The molecule has 1 heterocycles. The summed E-state index contributed by atoms with van der Waals surface area (Å²) in [4.78, 5) is 0. The first-order valence-electron chi connectivity index (χ1n) is 6.05. The molecule has 23 heavy (non-hydrogen) atoms. The molecule has 0 amide bonds. The van der Waals surface area contributed by atoms with Gasteiger partial charge < -0.3 is 5.11 Å². The van der Waals surface area contributed by atoms with Crippen molar-refractivity contribution in [2.45, 2.75) is 0 Å². The van der Waals surface area contributed by atoms with Crippen LogP contribution >= 0.6 is 11.3 Å². The lowest BCUT2D eigenvalue weighted by Crippen LogP contribution is -2.00. The third kappa shape index (κ3) is 2.42. The molecular formula is C14H5F5N2OS. The molecule has 0 unspecified atom stereocenters. The zero-order chi connectivity index (χ0) is 16.7. The standard InChI is InChI=1S/C14H5F5N2OS/c15-7-8(16)10(18)12(11(19)9(7)17)20-21-14-13(22)5-3-1-2-4-6(5)23-14/h1-4,22H. The lowest BCUT2D eigenvalue weighted by molar-refractivity contribution is 0.380. The highest BCUT2D eigenvalue weighted by atomic mass is 32.1. The van der Waals surface area contributed by atoms with Crippen molar-refractivity contribution in [1.82, 2.24) is 0 Å². The average Bonchev–Trinajstić information content (AvgIpc) is 2.88. The maximum absolute atomic E-state index is 13.5. The normalized spacial score (nSPS) is 11.7. The summed E-state index contributed by atoms with van der Waals surface area (Å²) >= 11 is 0.950.